The van der Waals surface area contributed by atoms with Gasteiger partial charge in [-0.3, -0.25) is 4.90 Å². The van der Waals surface area contributed by atoms with Gasteiger partial charge in [-0.25, -0.2) is 0 Å². The van der Waals surface area contributed by atoms with Gasteiger partial charge in [0.15, 0.2) is 0 Å². The first-order valence-corrected chi connectivity index (χ1v) is 8.51. The number of nitrogens with zero attached hydrogens (tertiary/aromatic N) is 2. The summed E-state index contributed by atoms with van der Waals surface area (Å²) in [5, 5.41) is 0. The first-order valence-electron chi connectivity index (χ1n) is 8.51. The minimum atomic E-state index is 0.754. The minimum Gasteiger partial charge on any atom is -0.330 e. The van der Waals surface area contributed by atoms with Gasteiger partial charge in [-0.15, -0.1) is 0 Å². The largest absolute Gasteiger partial charge is 0.330 e. The van der Waals surface area contributed by atoms with Gasteiger partial charge in [0.25, 0.3) is 0 Å². The second-order valence-corrected chi connectivity index (χ2v) is 6.88. The first-order chi connectivity index (χ1) is 9.33. The van der Waals surface area contributed by atoms with Gasteiger partial charge in [0, 0.05) is 18.6 Å². The predicted molar refractivity (Wildman–Crippen MR) is 80.1 cm³/mol. The lowest BCUT2D eigenvalue weighted by Gasteiger charge is -2.52. The molecule has 4 fully saturated rings. The number of likely N-dealkylation sites (N-methyl/N-ethyl adjacent to an activating group) is 1. The Morgan fingerprint density at radius 3 is 2.37 bits per heavy atom. The maximum absolute atomic E-state index is 6.05. The predicted octanol–water partition coefficient (Wildman–Crippen LogP) is 1.92. The van der Waals surface area contributed by atoms with E-state index in [2.05, 4.69) is 16.7 Å². The molecule has 3 aliphatic heterocycles. The van der Waals surface area contributed by atoms with Crippen LogP contribution in [0.5, 0.6) is 0 Å². The first kappa shape index (κ1) is 13.8. The fourth-order valence-corrected chi connectivity index (χ4v) is 4.92. The van der Waals surface area contributed by atoms with Gasteiger partial charge < -0.3 is 10.6 Å². The van der Waals surface area contributed by atoms with Crippen molar-refractivity contribution in [1.29, 1.82) is 0 Å². The molecule has 0 spiro atoms. The molecule has 19 heavy (non-hydrogen) atoms. The Balaban J connectivity index is 1.72. The van der Waals surface area contributed by atoms with Crippen LogP contribution in [0.2, 0.25) is 0 Å². The Morgan fingerprint density at radius 1 is 1.05 bits per heavy atom. The second kappa shape index (κ2) is 6.11. The van der Waals surface area contributed by atoms with Crippen LogP contribution in [-0.2, 0) is 0 Å². The van der Waals surface area contributed by atoms with Crippen LogP contribution < -0.4 is 5.73 Å². The molecular formula is C16H31N3. The molecule has 1 saturated carbocycles. The Morgan fingerprint density at radius 2 is 1.79 bits per heavy atom. The molecule has 3 unspecified atom stereocenters. The van der Waals surface area contributed by atoms with E-state index in [4.69, 9.17) is 5.73 Å². The molecule has 3 atom stereocenters. The molecule has 4 rings (SSSR count). The molecule has 3 heterocycles. The lowest BCUT2D eigenvalue weighted by atomic mass is 9.78. The highest BCUT2D eigenvalue weighted by molar-refractivity contribution is 4.96. The SMILES string of the molecule is CCN(C1CCCCC1CN)C1CN2CCC1CC2. The number of nitrogens with two attached hydrogens (primary N) is 1. The van der Waals surface area contributed by atoms with E-state index < -0.39 is 0 Å². The summed E-state index contributed by atoms with van der Waals surface area (Å²) in [6.45, 7) is 8.50. The molecule has 0 aromatic heterocycles. The summed E-state index contributed by atoms with van der Waals surface area (Å²) < 4.78 is 0. The zero-order chi connectivity index (χ0) is 13.2. The molecule has 3 heteroatoms. The van der Waals surface area contributed by atoms with Crippen LogP contribution >= 0.6 is 0 Å². The normalized spacial score (nSPS) is 42.8. The highest BCUT2D eigenvalue weighted by Crippen LogP contribution is 2.36. The molecule has 1 aliphatic carbocycles. The van der Waals surface area contributed by atoms with Crippen LogP contribution in [-0.4, -0.2) is 54.6 Å². The molecule has 0 amide bonds. The van der Waals surface area contributed by atoms with Gasteiger partial charge in [-0.05, 0) is 63.7 Å². The van der Waals surface area contributed by atoms with Crippen molar-refractivity contribution in [2.45, 2.75) is 57.5 Å². The molecule has 2 N–H and O–H groups in total. The number of hydrogen-bond acceptors (Lipinski definition) is 3. The van der Waals surface area contributed by atoms with Crippen molar-refractivity contribution < 1.29 is 0 Å². The minimum absolute atomic E-state index is 0.754. The van der Waals surface area contributed by atoms with E-state index in [1.807, 2.05) is 0 Å². The molecule has 110 valence electrons. The lowest BCUT2D eigenvalue weighted by Crippen LogP contribution is -2.61. The third kappa shape index (κ3) is 2.70. The quantitative estimate of drug-likeness (QED) is 0.843. The van der Waals surface area contributed by atoms with Crippen LogP contribution in [0.3, 0.4) is 0 Å². The van der Waals surface area contributed by atoms with Crippen molar-refractivity contribution in [3.05, 3.63) is 0 Å². The Labute approximate surface area is 118 Å². The van der Waals surface area contributed by atoms with Crippen molar-refractivity contribution in [3.8, 4) is 0 Å². The Kier molecular flexibility index (Phi) is 4.45. The van der Waals surface area contributed by atoms with E-state index in [-0.39, 0.29) is 0 Å². The van der Waals surface area contributed by atoms with Crippen molar-refractivity contribution >= 4 is 0 Å². The number of rotatable bonds is 4. The van der Waals surface area contributed by atoms with Gasteiger partial charge in [0.2, 0.25) is 0 Å². The summed E-state index contributed by atoms with van der Waals surface area (Å²) in [4.78, 5) is 5.54. The van der Waals surface area contributed by atoms with Crippen molar-refractivity contribution in [1.82, 2.24) is 9.80 Å². The Bertz CT molecular complexity index is 279. The van der Waals surface area contributed by atoms with Gasteiger partial charge >= 0.3 is 0 Å². The van der Waals surface area contributed by atoms with Crippen LogP contribution in [0.25, 0.3) is 0 Å². The average molecular weight is 265 g/mol. The molecule has 2 bridgehead atoms. The van der Waals surface area contributed by atoms with Crippen LogP contribution in [0.15, 0.2) is 0 Å². The molecule has 0 aromatic rings. The monoisotopic (exact) mass is 265 g/mol. The zero-order valence-electron chi connectivity index (χ0n) is 12.6. The maximum atomic E-state index is 6.05. The topological polar surface area (TPSA) is 32.5 Å². The standard InChI is InChI=1S/C16H31N3/c1-2-19(15-6-4-3-5-14(15)11-17)16-12-18-9-7-13(16)8-10-18/h13-16H,2-12,17H2,1H3. The van der Waals surface area contributed by atoms with E-state index in [9.17, 15) is 0 Å². The van der Waals surface area contributed by atoms with Crippen LogP contribution in [0.1, 0.15) is 45.4 Å². The summed E-state index contributed by atoms with van der Waals surface area (Å²) in [5.41, 5.74) is 6.05. The molecule has 0 aromatic carbocycles. The highest BCUT2D eigenvalue weighted by atomic mass is 15.3. The number of hydrogen-bond donors (Lipinski definition) is 1. The van der Waals surface area contributed by atoms with E-state index in [1.54, 1.807) is 0 Å². The summed E-state index contributed by atoms with van der Waals surface area (Å²) in [5.74, 6) is 1.72. The molecule has 0 radical (unpaired) electrons. The van der Waals surface area contributed by atoms with Gasteiger partial charge in [-0.2, -0.15) is 0 Å². The smallest absolute Gasteiger partial charge is 0.0255 e. The van der Waals surface area contributed by atoms with Crippen LogP contribution in [0, 0.1) is 11.8 Å². The fourth-order valence-electron chi connectivity index (χ4n) is 4.92. The summed E-state index contributed by atoms with van der Waals surface area (Å²) in [7, 11) is 0. The van der Waals surface area contributed by atoms with Gasteiger partial charge in [0.05, 0.1) is 0 Å². The van der Waals surface area contributed by atoms with Crippen LogP contribution in [0.4, 0.5) is 0 Å². The van der Waals surface area contributed by atoms with Crippen molar-refractivity contribution in [2.24, 2.45) is 17.6 Å². The summed E-state index contributed by atoms with van der Waals surface area (Å²) >= 11 is 0. The second-order valence-electron chi connectivity index (χ2n) is 6.88. The molecule has 4 aliphatic rings. The van der Waals surface area contributed by atoms with Crippen molar-refractivity contribution in [2.75, 3.05) is 32.7 Å². The Hall–Kier alpha value is -0.120. The van der Waals surface area contributed by atoms with Crippen molar-refractivity contribution in [3.63, 3.8) is 0 Å². The third-order valence-corrected chi connectivity index (χ3v) is 6.01. The molecule has 3 saturated heterocycles. The molecular weight excluding hydrogens is 234 g/mol. The van der Waals surface area contributed by atoms with E-state index in [1.165, 1.54) is 64.7 Å². The summed E-state index contributed by atoms with van der Waals surface area (Å²) in [6.07, 6.45) is 8.43. The number of fused-ring (bicyclic) bond motifs is 3. The van der Waals surface area contributed by atoms with E-state index in [0.29, 0.717) is 0 Å². The third-order valence-electron chi connectivity index (χ3n) is 6.01. The lowest BCUT2D eigenvalue weighted by molar-refractivity contribution is -0.0317. The highest BCUT2D eigenvalue weighted by Gasteiger charge is 2.41. The van der Waals surface area contributed by atoms with Gasteiger partial charge in [0.1, 0.15) is 0 Å². The molecule has 3 nitrogen and oxygen atoms in total. The van der Waals surface area contributed by atoms with E-state index in [0.717, 1.165) is 30.5 Å². The average Bonchev–Trinajstić information content (AvgIpc) is 2.50. The zero-order valence-corrected chi connectivity index (χ0v) is 12.6. The number of piperidine rings is 3. The summed E-state index contributed by atoms with van der Waals surface area (Å²) in [6, 6.07) is 1.60. The fraction of sp³-hybridized carbons (Fsp3) is 1.00. The van der Waals surface area contributed by atoms with Gasteiger partial charge in [-0.1, -0.05) is 19.8 Å². The maximum Gasteiger partial charge on any atom is 0.0255 e. The van der Waals surface area contributed by atoms with E-state index >= 15 is 0 Å².